The van der Waals surface area contributed by atoms with E-state index in [0.717, 1.165) is 21.6 Å². The molecule has 0 aliphatic rings. The van der Waals surface area contributed by atoms with Gasteiger partial charge in [-0.05, 0) is 36.2 Å². The molecule has 2 aromatic rings. The van der Waals surface area contributed by atoms with Gasteiger partial charge in [-0.3, -0.25) is 0 Å². The maximum Gasteiger partial charge on any atom is 0.142 e. The van der Waals surface area contributed by atoms with E-state index in [2.05, 4.69) is 37.8 Å². The molecule has 0 fully saturated rings. The normalized spacial score (nSPS) is 10.4. The SMILES string of the molecule is Cc1c(N)nsc1NCc1ccc(Br)cc1. The lowest BCUT2D eigenvalue weighted by atomic mass is 10.2. The first kappa shape index (κ1) is 11.4. The molecule has 0 bridgehead atoms. The summed E-state index contributed by atoms with van der Waals surface area (Å²) in [6.45, 7) is 2.76. The van der Waals surface area contributed by atoms with Crippen molar-refractivity contribution in [2.75, 3.05) is 11.1 Å². The predicted octanol–water partition coefficient (Wildman–Crippen LogP) is 3.41. The summed E-state index contributed by atoms with van der Waals surface area (Å²) in [4.78, 5) is 0. The maximum atomic E-state index is 5.68. The van der Waals surface area contributed by atoms with Crippen LogP contribution in [-0.4, -0.2) is 4.37 Å². The molecule has 2 rings (SSSR count). The van der Waals surface area contributed by atoms with Crippen molar-refractivity contribution in [3.63, 3.8) is 0 Å². The molecule has 3 N–H and O–H groups in total. The number of nitrogen functional groups attached to an aromatic ring is 1. The first-order chi connectivity index (χ1) is 7.66. The highest BCUT2D eigenvalue weighted by atomic mass is 79.9. The summed E-state index contributed by atoms with van der Waals surface area (Å²) in [6.07, 6.45) is 0. The van der Waals surface area contributed by atoms with Crippen LogP contribution in [0.15, 0.2) is 28.7 Å². The van der Waals surface area contributed by atoms with Crippen LogP contribution in [0.25, 0.3) is 0 Å². The molecule has 1 aromatic carbocycles. The van der Waals surface area contributed by atoms with E-state index < -0.39 is 0 Å². The monoisotopic (exact) mass is 297 g/mol. The number of rotatable bonds is 3. The molecular weight excluding hydrogens is 286 g/mol. The van der Waals surface area contributed by atoms with Crippen LogP contribution in [0.4, 0.5) is 10.8 Å². The number of aromatic nitrogens is 1. The molecule has 84 valence electrons. The molecule has 1 aromatic heterocycles. The first-order valence-corrected chi connectivity index (χ1v) is 6.43. The Morgan fingerprint density at radius 2 is 2.06 bits per heavy atom. The minimum absolute atomic E-state index is 0.614. The fourth-order valence-electron chi connectivity index (χ4n) is 1.30. The van der Waals surface area contributed by atoms with Crippen LogP contribution in [0.3, 0.4) is 0 Å². The molecule has 0 radical (unpaired) electrons. The van der Waals surface area contributed by atoms with Gasteiger partial charge in [0.25, 0.3) is 0 Å². The van der Waals surface area contributed by atoms with Gasteiger partial charge in [-0.15, -0.1) is 0 Å². The molecule has 0 amide bonds. The number of nitrogens with one attached hydrogen (secondary N) is 1. The Labute approximate surface area is 107 Å². The van der Waals surface area contributed by atoms with Gasteiger partial charge in [0.1, 0.15) is 10.8 Å². The number of benzene rings is 1. The summed E-state index contributed by atoms with van der Waals surface area (Å²) < 4.78 is 5.18. The predicted molar refractivity (Wildman–Crippen MR) is 72.7 cm³/mol. The number of hydrogen-bond donors (Lipinski definition) is 2. The fraction of sp³-hybridized carbons (Fsp3) is 0.182. The van der Waals surface area contributed by atoms with E-state index in [1.165, 1.54) is 17.1 Å². The van der Waals surface area contributed by atoms with Gasteiger partial charge in [-0.1, -0.05) is 28.1 Å². The van der Waals surface area contributed by atoms with E-state index in [1.807, 2.05) is 19.1 Å². The molecule has 0 aliphatic carbocycles. The van der Waals surface area contributed by atoms with Gasteiger partial charge in [-0.25, -0.2) is 0 Å². The Morgan fingerprint density at radius 1 is 1.38 bits per heavy atom. The summed E-state index contributed by atoms with van der Waals surface area (Å²) in [7, 11) is 0. The van der Waals surface area contributed by atoms with Crippen LogP contribution >= 0.6 is 27.5 Å². The molecule has 3 nitrogen and oxygen atoms in total. The largest absolute Gasteiger partial charge is 0.383 e. The van der Waals surface area contributed by atoms with Crippen LogP contribution in [-0.2, 0) is 6.54 Å². The molecule has 0 aliphatic heterocycles. The third-order valence-electron chi connectivity index (χ3n) is 2.33. The zero-order valence-corrected chi connectivity index (χ0v) is 11.2. The van der Waals surface area contributed by atoms with E-state index in [-0.39, 0.29) is 0 Å². The topological polar surface area (TPSA) is 50.9 Å². The van der Waals surface area contributed by atoms with Crippen molar-refractivity contribution in [3.8, 4) is 0 Å². The fourth-order valence-corrected chi connectivity index (χ4v) is 2.27. The Balaban J connectivity index is 2.02. The summed E-state index contributed by atoms with van der Waals surface area (Å²) in [6, 6.07) is 8.23. The van der Waals surface area contributed by atoms with Crippen LogP contribution in [0.2, 0.25) is 0 Å². The molecule has 0 atom stereocenters. The standard InChI is InChI=1S/C11H12BrN3S/c1-7-10(13)15-16-11(7)14-6-8-2-4-9(12)5-3-8/h2-5,14H,6H2,1H3,(H2,13,15). The van der Waals surface area contributed by atoms with Crippen molar-refractivity contribution in [3.05, 3.63) is 39.9 Å². The highest BCUT2D eigenvalue weighted by Crippen LogP contribution is 2.25. The second kappa shape index (κ2) is 4.84. The quantitative estimate of drug-likeness (QED) is 0.913. The van der Waals surface area contributed by atoms with Crippen molar-refractivity contribution in [2.45, 2.75) is 13.5 Å². The molecular formula is C11H12BrN3S. The van der Waals surface area contributed by atoms with Gasteiger partial charge < -0.3 is 11.1 Å². The number of halogens is 1. The smallest absolute Gasteiger partial charge is 0.142 e. The second-order valence-corrected chi connectivity index (χ2v) is 5.19. The number of anilines is 2. The molecule has 0 saturated heterocycles. The van der Waals surface area contributed by atoms with Crippen LogP contribution in [0, 0.1) is 6.92 Å². The second-order valence-electron chi connectivity index (χ2n) is 3.50. The number of nitrogens with two attached hydrogens (primary N) is 1. The van der Waals surface area contributed by atoms with E-state index in [1.54, 1.807) is 0 Å². The van der Waals surface area contributed by atoms with Crippen molar-refractivity contribution in [1.29, 1.82) is 0 Å². The Kier molecular flexibility index (Phi) is 3.46. The van der Waals surface area contributed by atoms with Gasteiger partial charge in [0.2, 0.25) is 0 Å². The molecule has 0 unspecified atom stereocenters. The zero-order chi connectivity index (χ0) is 11.5. The third-order valence-corrected chi connectivity index (χ3v) is 3.78. The molecule has 1 heterocycles. The maximum absolute atomic E-state index is 5.68. The van der Waals surface area contributed by atoms with Crippen molar-refractivity contribution >= 4 is 38.3 Å². The van der Waals surface area contributed by atoms with E-state index >= 15 is 0 Å². The highest BCUT2D eigenvalue weighted by Gasteiger charge is 2.05. The minimum Gasteiger partial charge on any atom is -0.383 e. The molecule has 0 saturated carbocycles. The lowest BCUT2D eigenvalue weighted by Gasteiger charge is -2.04. The van der Waals surface area contributed by atoms with Crippen molar-refractivity contribution in [2.24, 2.45) is 0 Å². The van der Waals surface area contributed by atoms with Crippen LogP contribution in [0.1, 0.15) is 11.1 Å². The average molecular weight is 298 g/mol. The summed E-state index contributed by atoms with van der Waals surface area (Å²) in [5.41, 5.74) is 7.94. The molecule has 0 spiro atoms. The summed E-state index contributed by atoms with van der Waals surface area (Å²) in [5.74, 6) is 0.614. The number of nitrogens with zero attached hydrogens (tertiary/aromatic N) is 1. The van der Waals surface area contributed by atoms with Crippen LogP contribution in [0.5, 0.6) is 0 Å². The average Bonchev–Trinajstić information content (AvgIpc) is 2.60. The van der Waals surface area contributed by atoms with E-state index in [4.69, 9.17) is 5.73 Å². The van der Waals surface area contributed by atoms with E-state index in [9.17, 15) is 0 Å². The molecule has 5 heteroatoms. The van der Waals surface area contributed by atoms with Gasteiger partial charge in [0.15, 0.2) is 0 Å². The Bertz CT molecular complexity index is 478. The van der Waals surface area contributed by atoms with Gasteiger partial charge in [-0.2, -0.15) is 4.37 Å². The van der Waals surface area contributed by atoms with E-state index in [0.29, 0.717) is 5.82 Å². The van der Waals surface area contributed by atoms with Crippen LogP contribution < -0.4 is 11.1 Å². The third kappa shape index (κ3) is 2.54. The van der Waals surface area contributed by atoms with Gasteiger partial charge >= 0.3 is 0 Å². The lowest BCUT2D eigenvalue weighted by Crippen LogP contribution is -1.99. The van der Waals surface area contributed by atoms with Gasteiger partial charge in [0, 0.05) is 16.6 Å². The van der Waals surface area contributed by atoms with Crippen molar-refractivity contribution < 1.29 is 0 Å². The lowest BCUT2D eigenvalue weighted by molar-refractivity contribution is 1.15. The van der Waals surface area contributed by atoms with Crippen molar-refractivity contribution in [1.82, 2.24) is 4.37 Å². The Hall–Kier alpha value is -1.07. The summed E-state index contributed by atoms with van der Waals surface area (Å²) >= 11 is 4.81. The molecule has 16 heavy (non-hydrogen) atoms. The highest BCUT2D eigenvalue weighted by molar-refractivity contribution is 9.10. The first-order valence-electron chi connectivity index (χ1n) is 4.87. The van der Waals surface area contributed by atoms with Gasteiger partial charge in [0.05, 0.1) is 0 Å². The number of hydrogen-bond acceptors (Lipinski definition) is 4. The minimum atomic E-state index is 0.614. The Morgan fingerprint density at radius 3 is 2.62 bits per heavy atom. The summed E-state index contributed by atoms with van der Waals surface area (Å²) in [5, 5.41) is 4.37. The zero-order valence-electron chi connectivity index (χ0n) is 8.83.